The van der Waals surface area contributed by atoms with Gasteiger partial charge in [0.2, 0.25) is 0 Å². The Balaban J connectivity index is 2.08. The van der Waals surface area contributed by atoms with Gasteiger partial charge in [0, 0.05) is 31.5 Å². The molecule has 0 bridgehead atoms. The number of carbonyl (C=O) groups excluding carboxylic acids is 1. The summed E-state index contributed by atoms with van der Waals surface area (Å²) in [6, 6.07) is 6.54. The molecule has 1 aliphatic heterocycles. The number of sulfone groups is 1. The molecule has 1 aromatic rings. The SMILES string of the molecule is CN(CC1CCCCN1)C(=O)c1cccc(S(C)(=O)=O)c1. The fourth-order valence-electron chi connectivity index (χ4n) is 2.57. The molecule has 0 aliphatic carbocycles. The number of carbonyl (C=O) groups is 1. The van der Waals surface area contributed by atoms with Crippen molar-refractivity contribution in [2.24, 2.45) is 0 Å². The summed E-state index contributed by atoms with van der Waals surface area (Å²) in [4.78, 5) is 14.2. The van der Waals surface area contributed by atoms with Crippen molar-refractivity contribution in [1.82, 2.24) is 10.2 Å². The lowest BCUT2D eigenvalue weighted by Gasteiger charge is -2.28. The standard InChI is InChI=1S/C15H22N2O3S/c1-17(11-13-7-3-4-9-16-13)15(18)12-6-5-8-14(10-12)21(2,19)20/h5-6,8,10,13,16H,3-4,7,9,11H2,1-2H3. The molecule has 1 heterocycles. The fourth-order valence-corrected chi connectivity index (χ4v) is 3.24. The largest absolute Gasteiger partial charge is 0.340 e. The van der Waals surface area contributed by atoms with Crippen LogP contribution >= 0.6 is 0 Å². The van der Waals surface area contributed by atoms with Crippen molar-refractivity contribution < 1.29 is 13.2 Å². The molecule has 2 rings (SSSR count). The van der Waals surface area contributed by atoms with Gasteiger partial charge in [0.05, 0.1) is 4.90 Å². The van der Waals surface area contributed by atoms with Gasteiger partial charge in [-0.3, -0.25) is 4.79 Å². The third kappa shape index (κ3) is 4.28. The summed E-state index contributed by atoms with van der Waals surface area (Å²) in [6.07, 6.45) is 4.58. The number of likely N-dealkylation sites (N-methyl/N-ethyl adjacent to an activating group) is 1. The van der Waals surface area contributed by atoms with Gasteiger partial charge in [-0.25, -0.2) is 8.42 Å². The lowest BCUT2D eigenvalue weighted by Crippen LogP contribution is -2.44. The van der Waals surface area contributed by atoms with Crippen LogP contribution in [0.1, 0.15) is 29.6 Å². The van der Waals surface area contributed by atoms with E-state index in [0.717, 1.165) is 19.2 Å². The van der Waals surface area contributed by atoms with E-state index >= 15 is 0 Å². The van der Waals surface area contributed by atoms with Gasteiger partial charge in [0.15, 0.2) is 9.84 Å². The molecular formula is C15H22N2O3S. The second-order valence-electron chi connectivity index (χ2n) is 5.63. The highest BCUT2D eigenvalue weighted by Gasteiger charge is 2.19. The molecule has 1 atom stereocenters. The van der Waals surface area contributed by atoms with E-state index in [9.17, 15) is 13.2 Å². The third-order valence-corrected chi connectivity index (χ3v) is 4.87. The maximum Gasteiger partial charge on any atom is 0.253 e. The van der Waals surface area contributed by atoms with Gasteiger partial charge in [-0.05, 0) is 37.6 Å². The summed E-state index contributed by atoms with van der Waals surface area (Å²) in [5, 5.41) is 3.40. The van der Waals surface area contributed by atoms with Crippen molar-refractivity contribution in [3.05, 3.63) is 29.8 Å². The molecule has 0 aromatic heterocycles. The minimum absolute atomic E-state index is 0.145. The zero-order valence-corrected chi connectivity index (χ0v) is 13.3. The van der Waals surface area contributed by atoms with Crippen molar-refractivity contribution in [3.8, 4) is 0 Å². The van der Waals surface area contributed by atoms with Gasteiger partial charge in [0.1, 0.15) is 0 Å². The van der Waals surface area contributed by atoms with Gasteiger partial charge in [-0.15, -0.1) is 0 Å². The van der Waals surface area contributed by atoms with Gasteiger partial charge < -0.3 is 10.2 Å². The number of piperidine rings is 1. The smallest absolute Gasteiger partial charge is 0.253 e. The van der Waals surface area contributed by atoms with Crippen LogP contribution in [0.2, 0.25) is 0 Å². The number of nitrogens with one attached hydrogen (secondary N) is 1. The van der Waals surface area contributed by atoms with E-state index in [2.05, 4.69) is 5.32 Å². The van der Waals surface area contributed by atoms with Crippen molar-refractivity contribution in [2.75, 3.05) is 26.4 Å². The molecule has 0 spiro atoms. The molecule has 6 heteroatoms. The number of benzene rings is 1. The molecule has 1 saturated heterocycles. The van der Waals surface area contributed by atoms with E-state index in [0.29, 0.717) is 18.2 Å². The van der Waals surface area contributed by atoms with Crippen LogP contribution < -0.4 is 5.32 Å². The molecule has 0 saturated carbocycles. The second-order valence-corrected chi connectivity index (χ2v) is 7.65. The number of nitrogens with zero attached hydrogens (tertiary/aromatic N) is 1. The number of hydrogen-bond donors (Lipinski definition) is 1. The molecule has 1 N–H and O–H groups in total. The average molecular weight is 310 g/mol. The lowest BCUT2D eigenvalue weighted by molar-refractivity contribution is 0.0775. The van der Waals surface area contributed by atoms with Crippen molar-refractivity contribution in [1.29, 1.82) is 0 Å². The molecule has 1 unspecified atom stereocenters. The number of rotatable bonds is 4. The molecule has 1 fully saturated rings. The van der Waals surface area contributed by atoms with Crippen molar-refractivity contribution in [2.45, 2.75) is 30.2 Å². The molecule has 1 aliphatic rings. The van der Waals surface area contributed by atoms with Crippen LogP contribution in [0, 0.1) is 0 Å². The molecule has 21 heavy (non-hydrogen) atoms. The first kappa shape index (κ1) is 16.0. The lowest BCUT2D eigenvalue weighted by atomic mass is 10.0. The van der Waals surface area contributed by atoms with E-state index in [1.165, 1.54) is 25.0 Å². The highest BCUT2D eigenvalue weighted by molar-refractivity contribution is 7.90. The summed E-state index contributed by atoms with van der Waals surface area (Å²) in [7, 11) is -1.54. The predicted octanol–water partition coefficient (Wildman–Crippen LogP) is 1.30. The first-order valence-electron chi connectivity index (χ1n) is 7.17. The quantitative estimate of drug-likeness (QED) is 0.910. The Morgan fingerprint density at radius 2 is 2.14 bits per heavy atom. The van der Waals surface area contributed by atoms with Crippen LogP contribution in [0.5, 0.6) is 0 Å². The van der Waals surface area contributed by atoms with Crippen LogP contribution in [0.15, 0.2) is 29.2 Å². The molecule has 0 radical (unpaired) electrons. The van der Waals surface area contributed by atoms with Crippen LogP contribution in [0.4, 0.5) is 0 Å². The first-order chi connectivity index (χ1) is 9.88. The molecular weight excluding hydrogens is 288 g/mol. The van der Waals surface area contributed by atoms with Crippen LogP contribution in [0.3, 0.4) is 0 Å². The van der Waals surface area contributed by atoms with Gasteiger partial charge >= 0.3 is 0 Å². The maximum absolute atomic E-state index is 12.4. The molecule has 116 valence electrons. The summed E-state index contributed by atoms with van der Waals surface area (Å²) >= 11 is 0. The van der Waals surface area contributed by atoms with E-state index < -0.39 is 9.84 Å². The Morgan fingerprint density at radius 3 is 2.76 bits per heavy atom. The van der Waals surface area contributed by atoms with Crippen molar-refractivity contribution in [3.63, 3.8) is 0 Å². The molecule has 5 nitrogen and oxygen atoms in total. The Labute approximate surface area is 126 Å². The van der Waals surface area contributed by atoms with E-state index in [1.54, 1.807) is 24.1 Å². The van der Waals surface area contributed by atoms with Gasteiger partial charge in [0.25, 0.3) is 5.91 Å². The minimum Gasteiger partial charge on any atom is -0.340 e. The Morgan fingerprint density at radius 1 is 1.38 bits per heavy atom. The summed E-state index contributed by atoms with van der Waals surface area (Å²) in [5.74, 6) is -0.145. The second kappa shape index (κ2) is 6.58. The van der Waals surface area contributed by atoms with Crippen LogP contribution in [-0.4, -0.2) is 51.7 Å². The Bertz CT molecular complexity index is 607. The highest BCUT2D eigenvalue weighted by atomic mass is 32.2. The highest BCUT2D eigenvalue weighted by Crippen LogP contribution is 2.14. The molecule has 1 aromatic carbocycles. The summed E-state index contributed by atoms with van der Waals surface area (Å²) in [6.45, 7) is 1.64. The Kier molecular flexibility index (Phi) is 5.00. The third-order valence-electron chi connectivity index (χ3n) is 3.76. The van der Waals surface area contributed by atoms with Crippen molar-refractivity contribution >= 4 is 15.7 Å². The van der Waals surface area contributed by atoms with Crippen LogP contribution in [0.25, 0.3) is 0 Å². The summed E-state index contributed by atoms with van der Waals surface area (Å²) < 4.78 is 23.1. The minimum atomic E-state index is -3.29. The van der Waals surface area contributed by atoms with Gasteiger partial charge in [-0.1, -0.05) is 12.5 Å². The van der Waals surface area contributed by atoms with Gasteiger partial charge in [-0.2, -0.15) is 0 Å². The van der Waals surface area contributed by atoms with E-state index in [1.807, 2.05) is 0 Å². The van der Waals surface area contributed by atoms with E-state index in [-0.39, 0.29) is 10.8 Å². The first-order valence-corrected chi connectivity index (χ1v) is 9.06. The number of hydrogen-bond acceptors (Lipinski definition) is 4. The Hall–Kier alpha value is -1.40. The molecule has 1 amide bonds. The normalized spacial score (nSPS) is 19.2. The average Bonchev–Trinajstić information content (AvgIpc) is 2.46. The predicted molar refractivity (Wildman–Crippen MR) is 82.2 cm³/mol. The van der Waals surface area contributed by atoms with Crippen LogP contribution in [-0.2, 0) is 9.84 Å². The zero-order chi connectivity index (χ0) is 15.5. The summed E-state index contributed by atoms with van der Waals surface area (Å²) in [5.41, 5.74) is 0.413. The fraction of sp³-hybridized carbons (Fsp3) is 0.533. The zero-order valence-electron chi connectivity index (χ0n) is 12.5. The maximum atomic E-state index is 12.4. The number of amides is 1. The topological polar surface area (TPSA) is 66.5 Å². The monoisotopic (exact) mass is 310 g/mol. The van der Waals surface area contributed by atoms with E-state index in [4.69, 9.17) is 0 Å².